The lowest BCUT2D eigenvalue weighted by atomic mass is 10.1. The number of hydrogen-bond donors (Lipinski definition) is 4. The molecule has 0 atom stereocenters. The van der Waals surface area contributed by atoms with Crippen molar-refractivity contribution in [1.82, 2.24) is 4.98 Å². The van der Waals surface area contributed by atoms with E-state index in [1.807, 2.05) is 0 Å². The molecule has 1 aromatic heterocycles. The molecule has 0 saturated carbocycles. The summed E-state index contributed by atoms with van der Waals surface area (Å²) < 4.78 is 0. The van der Waals surface area contributed by atoms with Crippen LogP contribution < -0.4 is 16.4 Å². The van der Waals surface area contributed by atoms with E-state index in [2.05, 4.69) is 20.6 Å². The number of nitrogens with zero attached hydrogens (tertiary/aromatic N) is 2. The second-order valence-corrected chi connectivity index (χ2v) is 7.10. The third kappa shape index (κ3) is 5.18. The number of carbonyl (C=O) groups is 2. The zero-order chi connectivity index (χ0) is 22.5. The second kappa shape index (κ2) is 9.27. The second-order valence-electron chi connectivity index (χ2n) is 6.66. The summed E-state index contributed by atoms with van der Waals surface area (Å²) in [6.07, 6.45) is 1.40. The smallest absolute Gasteiger partial charge is 0.259 e. The molecule has 0 unspecified atom stereocenters. The van der Waals surface area contributed by atoms with E-state index < -0.39 is 11.8 Å². The minimum atomic E-state index is -0.550. The first-order chi connectivity index (χ1) is 14.8. The number of aliphatic imine (C=N–C) groups is 1. The average Bonchev–Trinajstić information content (AvgIpc) is 2.76. The highest BCUT2D eigenvalue weighted by atomic mass is 35.5. The van der Waals surface area contributed by atoms with E-state index in [0.29, 0.717) is 27.5 Å². The number of anilines is 2. The molecule has 31 heavy (non-hydrogen) atoms. The Morgan fingerprint density at radius 3 is 2.32 bits per heavy atom. The summed E-state index contributed by atoms with van der Waals surface area (Å²) in [5.41, 5.74) is 7.47. The number of phenolic OH excluding ortho intramolecular Hbond substituents is 1. The Bertz CT molecular complexity index is 1160. The number of hydrogen-bond acceptors (Lipinski definition) is 5. The molecule has 0 aliphatic rings. The molecule has 0 saturated heterocycles. The van der Waals surface area contributed by atoms with E-state index in [-0.39, 0.29) is 22.8 Å². The van der Waals surface area contributed by atoms with Crippen molar-refractivity contribution in [1.29, 1.82) is 0 Å². The van der Waals surface area contributed by atoms with E-state index in [4.69, 9.17) is 17.3 Å². The minimum Gasteiger partial charge on any atom is -0.506 e. The lowest BCUT2D eigenvalue weighted by Gasteiger charge is -2.14. The van der Waals surface area contributed by atoms with Gasteiger partial charge in [0.1, 0.15) is 17.4 Å². The van der Waals surface area contributed by atoms with Crippen LogP contribution in [0, 0.1) is 6.92 Å². The Balaban J connectivity index is 1.87. The fraction of sp³-hybridized carbons (Fsp3) is 0.0909. The van der Waals surface area contributed by atoms with Crippen LogP contribution in [0.2, 0.25) is 5.02 Å². The van der Waals surface area contributed by atoms with Gasteiger partial charge in [0.25, 0.3) is 11.8 Å². The molecule has 0 fully saturated rings. The molecule has 158 valence electrons. The molecule has 0 radical (unpaired) electrons. The Labute approximate surface area is 183 Å². The third-order valence-electron chi connectivity index (χ3n) is 4.40. The lowest BCUT2D eigenvalue weighted by molar-refractivity contribution is 0.102. The van der Waals surface area contributed by atoms with Crippen molar-refractivity contribution < 1.29 is 14.7 Å². The topological polar surface area (TPSA) is 130 Å². The summed E-state index contributed by atoms with van der Waals surface area (Å²) in [5.74, 6) is -0.666. The van der Waals surface area contributed by atoms with Gasteiger partial charge >= 0.3 is 0 Å². The average molecular weight is 438 g/mol. The number of rotatable bonds is 5. The summed E-state index contributed by atoms with van der Waals surface area (Å²) in [6.45, 7) is 1.72. The van der Waals surface area contributed by atoms with Crippen LogP contribution in [0.25, 0.3) is 0 Å². The zero-order valence-corrected chi connectivity index (χ0v) is 17.6. The molecule has 0 aliphatic carbocycles. The largest absolute Gasteiger partial charge is 0.506 e. The van der Waals surface area contributed by atoms with Crippen LogP contribution in [0.3, 0.4) is 0 Å². The quantitative estimate of drug-likeness (QED) is 0.275. The molecular formula is C22H20ClN5O3. The lowest BCUT2D eigenvalue weighted by Crippen LogP contribution is -2.19. The van der Waals surface area contributed by atoms with Gasteiger partial charge in [0, 0.05) is 24.4 Å². The first kappa shape index (κ1) is 21.8. The monoisotopic (exact) mass is 437 g/mol. The standard InChI is InChI=1S/C22H20ClN5O3/c1-12-9-16(22(31)27-18-8-7-15(23)11-26-18)19(17(29)10-12)28-21(30)14-5-3-13(4-6-14)20(24)25-2/h3-11,29H,1-2H3,(H2,24,25)(H,28,30)(H,26,27,31). The number of amides is 2. The molecule has 3 aromatic rings. The van der Waals surface area contributed by atoms with Gasteiger partial charge in [-0.25, -0.2) is 4.98 Å². The summed E-state index contributed by atoms with van der Waals surface area (Å²) in [5, 5.41) is 16.1. The summed E-state index contributed by atoms with van der Waals surface area (Å²) >= 11 is 5.81. The number of nitrogens with two attached hydrogens (primary N) is 1. The van der Waals surface area contributed by atoms with Gasteiger partial charge in [-0.2, -0.15) is 0 Å². The summed E-state index contributed by atoms with van der Waals surface area (Å²) in [4.78, 5) is 33.5. The molecule has 2 amide bonds. The highest BCUT2D eigenvalue weighted by Crippen LogP contribution is 2.30. The Morgan fingerprint density at radius 1 is 1.03 bits per heavy atom. The normalized spacial score (nSPS) is 11.1. The van der Waals surface area contributed by atoms with E-state index in [0.717, 1.165) is 0 Å². The molecular weight excluding hydrogens is 418 g/mol. The van der Waals surface area contributed by atoms with E-state index in [1.165, 1.54) is 12.3 Å². The van der Waals surface area contributed by atoms with Gasteiger partial charge in [0.15, 0.2) is 0 Å². The van der Waals surface area contributed by atoms with E-state index >= 15 is 0 Å². The van der Waals surface area contributed by atoms with Crippen molar-refractivity contribution >= 4 is 40.8 Å². The fourth-order valence-corrected chi connectivity index (χ4v) is 2.93. The number of nitrogens with one attached hydrogen (secondary N) is 2. The fourth-order valence-electron chi connectivity index (χ4n) is 2.82. The van der Waals surface area contributed by atoms with E-state index in [1.54, 1.807) is 56.4 Å². The highest BCUT2D eigenvalue weighted by Gasteiger charge is 2.19. The Hall–Kier alpha value is -3.91. The van der Waals surface area contributed by atoms with Crippen molar-refractivity contribution in [3.05, 3.63) is 82.0 Å². The van der Waals surface area contributed by atoms with Gasteiger partial charge in [-0.3, -0.25) is 14.6 Å². The van der Waals surface area contributed by atoms with Crippen LogP contribution in [-0.4, -0.2) is 34.8 Å². The molecule has 8 nitrogen and oxygen atoms in total. The molecule has 9 heteroatoms. The summed E-state index contributed by atoms with van der Waals surface area (Å²) in [7, 11) is 1.57. The number of aromatic hydroxyl groups is 1. The number of pyridine rings is 1. The molecule has 0 spiro atoms. The first-order valence-electron chi connectivity index (χ1n) is 9.19. The molecule has 3 rings (SSSR count). The highest BCUT2D eigenvalue weighted by molar-refractivity contribution is 6.30. The van der Waals surface area contributed by atoms with Crippen LogP contribution in [0.15, 0.2) is 59.7 Å². The van der Waals surface area contributed by atoms with Gasteiger partial charge in [-0.15, -0.1) is 0 Å². The SMILES string of the molecule is CN=C(N)c1ccc(C(=O)Nc2c(O)cc(C)cc2C(=O)Nc2ccc(Cl)cn2)cc1. The number of carbonyl (C=O) groups excluding carboxylic acids is 2. The van der Waals surface area contributed by atoms with Crippen molar-refractivity contribution in [3.63, 3.8) is 0 Å². The number of phenols is 1. The van der Waals surface area contributed by atoms with Gasteiger partial charge in [0.2, 0.25) is 0 Å². The number of amidine groups is 1. The van der Waals surface area contributed by atoms with Crippen LogP contribution in [0.4, 0.5) is 11.5 Å². The molecule has 5 N–H and O–H groups in total. The number of benzene rings is 2. The maximum atomic E-state index is 12.8. The first-order valence-corrected chi connectivity index (χ1v) is 9.57. The van der Waals surface area contributed by atoms with Crippen LogP contribution in [-0.2, 0) is 0 Å². The predicted molar refractivity (Wildman–Crippen MR) is 121 cm³/mol. The van der Waals surface area contributed by atoms with Crippen molar-refractivity contribution in [2.45, 2.75) is 6.92 Å². The third-order valence-corrected chi connectivity index (χ3v) is 4.62. The number of aromatic nitrogens is 1. The van der Waals surface area contributed by atoms with Crippen LogP contribution in [0.5, 0.6) is 5.75 Å². The van der Waals surface area contributed by atoms with Gasteiger partial charge in [-0.1, -0.05) is 23.7 Å². The van der Waals surface area contributed by atoms with E-state index in [9.17, 15) is 14.7 Å². The van der Waals surface area contributed by atoms with Gasteiger partial charge in [0.05, 0.1) is 16.3 Å². The van der Waals surface area contributed by atoms with Crippen molar-refractivity contribution in [2.24, 2.45) is 10.7 Å². The minimum absolute atomic E-state index is 0.0132. The van der Waals surface area contributed by atoms with Gasteiger partial charge in [-0.05, 0) is 48.9 Å². The van der Waals surface area contributed by atoms with Crippen molar-refractivity contribution in [2.75, 3.05) is 17.7 Å². The summed E-state index contributed by atoms with van der Waals surface area (Å²) in [6, 6.07) is 12.6. The maximum absolute atomic E-state index is 12.8. The van der Waals surface area contributed by atoms with Crippen LogP contribution >= 0.6 is 11.6 Å². The number of halogens is 1. The Kier molecular flexibility index (Phi) is 6.52. The molecule has 0 aliphatic heterocycles. The molecule has 2 aromatic carbocycles. The predicted octanol–water partition coefficient (Wildman–Crippen LogP) is 3.59. The molecule has 0 bridgehead atoms. The maximum Gasteiger partial charge on any atom is 0.259 e. The van der Waals surface area contributed by atoms with Gasteiger partial charge < -0.3 is 21.5 Å². The molecule has 1 heterocycles. The van der Waals surface area contributed by atoms with Crippen molar-refractivity contribution in [3.8, 4) is 5.75 Å². The Morgan fingerprint density at radius 2 is 1.71 bits per heavy atom. The van der Waals surface area contributed by atoms with Crippen LogP contribution in [0.1, 0.15) is 31.8 Å². The zero-order valence-electron chi connectivity index (χ0n) is 16.8. The number of aryl methyl sites for hydroxylation is 1.